The zero-order chi connectivity index (χ0) is 18.4. The number of nitrogens with zero attached hydrogens (tertiary/aromatic N) is 3. The van der Waals surface area contributed by atoms with Crippen LogP contribution in [-0.4, -0.2) is 20.9 Å². The topological polar surface area (TPSA) is 79.8 Å². The first-order valence-corrected chi connectivity index (χ1v) is 8.12. The van der Waals surface area contributed by atoms with Crippen molar-refractivity contribution in [3.63, 3.8) is 0 Å². The van der Waals surface area contributed by atoms with Crippen LogP contribution in [0.15, 0.2) is 54.7 Å². The van der Waals surface area contributed by atoms with Crippen LogP contribution in [0.1, 0.15) is 27.4 Å². The molecule has 0 aliphatic rings. The van der Waals surface area contributed by atoms with E-state index in [4.69, 9.17) is 0 Å². The van der Waals surface area contributed by atoms with Crippen molar-refractivity contribution in [3.8, 4) is 0 Å². The molecular weight excluding hydrogens is 333 g/mol. The van der Waals surface area contributed by atoms with Gasteiger partial charge in [0, 0.05) is 18.4 Å². The van der Waals surface area contributed by atoms with E-state index in [1.54, 1.807) is 31.3 Å². The van der Waals surface area contributed by atoms with E-state index in [-0.39, 0.29) is 17.4 Å². The third-order valence-electron chi connectivity index (χ3n) is 3.61. The van der Waals surface area contributed by atoms with Crippen LogP contribution < -0.4 is 10.6 Å². The number of hydrogen-bond donors (Lipinski definition) is 2. The summed E-state index contributed by atoms with van der Waals surface area (Å²) in [5, 5.41) is 5.84. The maximum Gasteiger partial charge on any atom is 0.270 e. The summed E-state index contributed by atoms with van der Waals surface area (Å²) >= 11 is 0. The summed E-state index contributed by atoms with van der Waals surface area (Å²) in [6.45, 7) is 2.54. The van der Waals surface area contributed by atoms with E-state index in [1.807, 2.05) is 18.2 Å². The van der Waals surface area contributed by atoms with Crippen LogP contribution in [0.4, 0.5) is 10.3 Å². The quantitative estimate of drug-likeness (QED) is 0.714. The molecule has 26 heavy (non-hydrogen) atoms. The molecule has 2 aromatic heterocycles. The summed E-state index contributed by atoms with van der Waals surface area (Å²) in [5.41, 5.74) is 2.60. The molecule has 0 fully saturated rings. The number of carbonyl (C=O) groups excluding carboxylic acids is 1. The highest BCUT2D eigenvalue weighted by Crippen LogP contribution is 2.09. The Kier molecular flexibility index (Phi) is 5.48. The van der Waals surface area contributed by atoms with Crippen molar-refractivity contribution in [2.45, 2.75) is 20.0 Å². The fourth-order valence-electron chi connectivity index (χ4n) is 2.31. The van der Waals surface area contributed by atoms with Crippen molar-refractivity contribution >= 4 is 11.9 Å². The second-order valence-corrected chi connectivity index (χ2v) is 5.70. The largest absolute Gasteiger partial charge is 0.350 e. The predicted molar refractivity (Wildman–Crippen MR) is 95.9 cm³/mol. The molecule has 1 aromatic carbocycles. The predicted octanol–water partition coefficient (Wildman–Crippen LogP) is 2.86. The van der Waals surface area contributed by atoms with Crippen LogP contribution in [0.2, 0.25) is 0 Å². The van der Waals surface area contributed by atoms with Crippen molar-refractivity contribution in [2.75, 3.05) is 5.32 Å². The Morgan fingerprint density at radius 3 is 2.62 bits per heavy atom. The molecule has 7 heteroatoms. The van der Waals surface area contributed by atoms with Gasteiger partial charge < -0.3 is 10.6 Å². The number of halogens is 1. The summed E-state index contributed by atoms with van der Waals surface area (Å²) in [5.74, 6) is -0.240. The van der Waals surface area contributed by atoms with E-state index < -0.39 is 0 Å². The number of carbonyl (C=O) groups is 1. The molecule has 0 spiro atoms. The number of aromatic nitrogens is 3. The normalized spacial score (nSPS) is 10.4. The molecule has 0 saturated carbocycles. The highest BCUT2D eigenvalue weighted by atomic mass is 19.1. The molecule has 1 amide bonds. The first-order chi connectivity index (χ1) is 12.6. The van der Waals surface area contributed by atoms with Crippen LogP contribution in [0.5, 0.6) is 0 Å². The zero-order valence-corrected chi connectivity index (χ0v) is 14.2. The smallest absolute Gasteiger partial charge is 0.270 e. The number of benzene rings is 1. The maximum atomic E-state index is 12.9. The van der Waals surface area contributed by atoms with Gasteiger partial charge in [0.15, 0.2) is 0 Å². The van der Waals surface area contributed by atoms with Gasteiger partial charge in [-0.3, -0.25) is 9.78 Å². The van der Waals surface area contributed by atoms with Gasteiger partial charge in [-0.2, -0.15) is 0 Å². The molecule has 132 valence electrons. The Balaban J connectivity index is 1.64. The monoisotopic (exact) mass is 351 g/mol. The van der Waals surface area contributed by atoms with Gasteiger partial charge in [-0.1, -0.05) is 18.2 Å². The minimum Gasteiger partial charge on any atom is -0.350 e. The van der Waals surface area contributed by atoms with Gasteiger partial charge in [0.25, 0.3) is 5.91 Å². The Morgan fingerprint density at radius 2 is 1.88 bits per heavy atom. The average molecular weight is 351 g/mol. The van der Waals surface area contributed by atoms with Crippen LogP contribution in [0, 0.1) is 12.7 Å². The lowest BCUT2D eigenvalue weighted by atomic mass is 10.2. The van der Waals surface area contributed by atoms with Crippen LogP contribution in [0.3, 0.4) is 0 Å². The highest BCUT2D eigenvalue weighted by molar-refractivity contribution is 5.92. The summed E-state index contributed by atoms with van der Waals surface area (Å²) in [4.78, 5) is 25.0. The van der Waals surface area contributed by atoms with Crippen LogP contribution in [-0.2, 0) is 13.1 Å². The molecule has 0 radical (unpaired) electrons. The van der Waals surface area contributed by atoms with Gasteiger partial charge in [0.2, 0.25) is 5.95 Å². The summed E-state index contributed by atoms with van der Waals surface area (Å²) < 4.78 is 12.9. The fourth-order valence-corrected chi connectivity index (χ4v) is 2.31. The molecule has 3 rings (SSSR count). The van der Waals surface area contributed by atoms with Crippen molar-refractivity contribution in [2.24, 2.45) is 0 Å². The Bertz CT molecular complexity index is 884. The first-order valence-electron chi connectivity index (χ1n) is 8.12. The fraction of sp³-hybridized carbons (Fsp3) is 0.158. The Hall–Kier alpha value is -3.35. The number of nitrogens with one attached hydrogen (secondary N) is 2. The van der Waals surface area contributed by atoms with Gasteiger partial charge in [0.1, 0.15) is 11.5 Å². The molecule has 3 aromatic rings. The summed E-state index contributed by atoms with van der Waals surface area (Å²) in [7, 11) is 0. The van der Waals surface area contributed by atoms with E-state index in [0.717, 1.165) is 11.3 Å². The first kappa shape index (κ1) is 17.5. The zero-order valence-electron chi connectivity index (χ0n) is 14.2. The van der Waals surface area contributed by atoms with Crippen molar-refractivity contribution in [3.05, 3.63) is 83.2 Å². The minimum atomic E-state index is -0.300. The van der Waals surface area contributed by atoms with E-state index in [0.29, 0.717) is 24.7 Å². The Morgan fingerprint density at radius 1 is 1.08 bits per heavy atom. The van der Waals surface area contributed by atoms with Gasteiger partial charge >= 0.3 is 0 Å². The van der Waals surface area contributed by atoms with Crippen LogP contribution >= 0.6 is 0 Å². The number of pyridine rings is 1. The third-order valence-corrected chi connectivity index (χ3v) is 3.61. The van der Waals surface area contributed by atoms with Gasteiger partial charge in [0.05, 0.1) is 12.2 Å². The van der Waals surface area contributed by atoms with E-state index >= 15 is 0 Å². The van der Waals surface area contributed by atoms with Crippen molar-refractivity contribution < 1.29 is 9.18 Å². The van der Waals surface area contributed by atoms with Crippen LogP contribution in [0.25, 0.3) is 0 Å². The SMILES string of the molecule is Cc1cc(C(=O)NCc2ccccn2)nc(NCc2ccc(F)cc2)n1. The van der Waals surface area contributed by atoms with Gasteiger partial charge in [-0.25, -0.2) is 14.4 Å². The molecule has 2 heterocycles. The lowest BCUT2D eigenvalue weighted by molar-refractivity contribution is 0.0945. The minimum absolute atomic E-state index is 0.273. The Labute approximate surface area is 150 Å². The van der Waals surface area contributed by atoms with Gasteiger partial charge in [-0.15, -0.1) is 0 Å². The molecule has 0 bridgehead atoms. The summed E-state index contributed by atoms with van der Waals surface area (Å²) in [6.07, 6.45) is 1.67. The number of hydrogen-bond acceptors (Lipinski definition) is 5. The molecule has 0 unspecified atom stereocenters. The van der Waals surface area contributed by atoms with E-state index in [9.17, 15) is 9.18 Å². The third kappa shape index (κ3) is 4.83. The second kappa shape index (κ2) is 8.15. The molecule has 0 saturated heterocycles. The van der Waals surface area contributed by atoms with E-state index in [1.165, 1.54) is 12.1 Å². The molecule has 0 atom stereocenters. The number of rotatable bonds is 6. The summed E-state index contributed by atoms with van der Waals surface area (Å²) in [6, 6.07) is 13.3. The van der Waals surface area contributed by atoms with E-state index in [2.05, 4.69) is 25.6 Å². The molecule has 0 aliphatic carbocycles. The lowest BCUT2D eigenvalue weighted by Gasteiger charge is -2.09. The highest BCUT2D eigenvalue weighted by Gasteiger charge is 2.10. The average Bonchev–Trinajstić information content (AvgIpc) is 2.66. The molecule has 2 N–H and O–H groups in total. The number of aryl methyl sites for hydroxylation is 1. The van der Waals surface area contributed by atoms with Crippen molar-refractivity contribution in [1.82, 2.24) is 20.3 Å². The lowest BCUT2D eigenvalue weighted by Crippen LogP contribution is -2.25. The maximum absolute atomic E-state index is 12.9. The van der Waals surface area contributed by atoms with Crippen molar-refractivity contribution in [1.29, 1.82) is 0 Å². The molecule has 6 nitrogen and oxygen atoms in total. The molecular formula is C19H18FN5O. The number of amides is 1. The number of anilines is 1. The molecule has 0 aliphatic heterocycles. The standard InChI is InChI=1S/C19H18FN5O/c1-13-10-17(18(26)22-12-16-4-2-3-9-21-16)25-19(24-13)23-11-14-5-7-15(20)8-6-14/h2-10H,11-12H2,1H3,(H,22,26)(H,23,24,25). The van der Waals surface area contributed by atoms with Gasteiger partial charge in [-0.05, 0) is 42.8 Å². The second-order valence-electron chi connectivity index (χ2n) is 5.70.